The van der Waals surface area contributed by atoms with E-state index in [0.29, 0.717) is 18.2 Å². The number of ketones is 2. The SMILES string of the molecule is CC(C)Cc1noc(COC(=O)c2ccc3c(c2[N+](=O)[O-])C(=O)c2ccccc2C3=O)n1. The van der Waals surface area contributed by atoms with Gasteiger partial charge < -0.3 is 9.26 Å². The van der Waals surface area contributed by atoms with Gasteiger partial charge in [-0.2, -0.15) is 4.98 Å². The molecule has 3 aromatic rings. The van der Waals surface area contributed by atoms with Gasteiger partial charge in [0.25, 0.3) is 11.6 Å². The van der Waals surface area contributed by atoms with Crippen LogP contribution in [0.3, 0.4) is 0 Å². The fraction of sp³-hybridized carbons (Fsp3) is 0.227. The molecule has 2 aromatic carbocycles. The van der Waals surface area contributed by atoms with Gasteiger partial charge in [-0.05, 0) is 18.1 Å². The average molecular weight is 435 g/mol. The number of ether oxygens (including phenoxy) is 1. The Balaban J connectivity index is 1.66. The molecular formula is C22H17N3O7. The Morgan fingerprint density at radius 2 is 1.78 bits per heavy atom. The molecule has 0 amide bonds. The van der Waals surface area contributed by atoms with Crippen LogP contribution in [-0.2, 0) is 17.8 Å². The van der Waals surface area contributed by atoms with Gasteiger partial charge >= 0.3 is 5.97 Å². The Morgan fingerprint density at radius 1 is 1.09 bits per heavy atom. The normalized spacial score (nSPS) is 12.5. The van der Waals surface area contributed by atoms with Crippen molar-refractivity contribution in [2.45, 2.75) is 26.9 Å². The number of aromatic nitrogens is 2. The van der Waals surface area contributed by atoms with Crippen molar-refractivity contribution in [3.8, 4) is 0 Å². The quantitative estimate of drug-likeness (QED) is 0.253. The molecule has 10 heteroatoms. The molecule has 0 spiro atoms. The van der Waals surface area contributed by atoms with E-state index < -0.39 is 45.9 Å². The molecule has 0 bridgehead atoms. The van der Waals surface area contributed by atoms with Gasteiger partial charge in [-0.15, -0.1) is 0 Å². The standard InChI is InChI=1S/C22H17N3O7/c1-11(2)9-16-23-17(32-24-16)10-31-22(28)15-8-7-14-18(19(15)25(29)30)21(27)13-6-4-3-5-12(13)20(14)26/h3-8,11H,9-10H2,1-2H3. The zero-order valence-corrected chi connectivity index (χ0v) is 17.2. The summed E-state index contributed by atoms with van der Waals surface area (Å²) in [5.74, 6) is -1.49. The third kappa shape index (κ3) is 3.66. The average Bonchev–Trinajstić information content (AvgIpc) is 3.21. The molecule has 162 valence electrons. The van der Waals surface area contributed by atoms with Crippen LogP contribution < -0.4 is 0 Å². The second-order valence-electron chi connectivity index (χ2n) is 7.62. The van der Waals surface area contributed by atoms with Crippen LogP contribution in [-0.4, -0.2) is 32.6 Å². The van der Waals surface area contributed by atoms with Crippen molar-refractivity contribution in [2.75, 3.05) is 0 Å². The van der Waals surface area contributed by atoms with Crippen LogP contribution in [0, 0.1) is 16.0 Å². The van der Waals surface area contributed by atoms with Gasteiger partial charge in [0.2, 0.25) is 5.78 Å². The second kappa shape index (κ2) is 8.14. The molecule has 1 aliphatic rings. The Morgan fingerprint density at radius 3 is 2.44 bits per heavy atom. The van der Waals surface area contributed by atoms with Crippen molar-refractivity contribution in [3.05, 3.63) is 86.0 Å². The van der Waals surface area contributed by atoms with Crippen molar-refractivity contribution in [3.63, 3.8) is 0 Å². The maximum Gasteiger partial charge on any atom is 0.345 e. The lowest BCUT2D eigenvalue weighted by Crippen LogP contribution is -2.23. The first kappa shape index (κ1) is 21.0. The van der Waals surface area contributed by atoms with Crippen molar-refractivity contribution in [2.24, 2.45) is 5.92 Å². The highest BCUT2D eigenvalue weighted by molar-refractivity contribution is 6.30. The third-order valence-electron chi connectivity index (χ3n) is 4.90. The van der Waals surface area contributed by atoms with Gasteiger partial charge in [0.1, 0.15) is 11.1 Å². The number of fused-ring (bicyclic) bond motifs is 2. The van der Waals surface area contributed by atoms with E-state index in [9.17, 15) is 24.5 Å². The Hall–Kier alpha value is -4.21. The maximum absolute atomic E-state index is 13.0. The topological polar surface area (TPSA) is 142 Å². The molecule has 0 saturated carbocycles. The summed E-state index contributed by atoms with van der Waals surface area (Å²) in [5, 5.41) is 15.6. The van der Waals surface area contributed by atoms with Crippen molar-refractivity contribution in [1.82, 2.24) is 10.1 Å². The summed E-state index contributed by atoms with van der Waals surface area (Å²) in [7, 11) is 0. The highest BCUT2D eigenvalue weighted by atomic mass is 16.6. The van der Waals surface area contributed by atoms with Gasteiger partial charge in [0.15, 0.2) is 18.2 Å². The zero-order valence-electron chi connectivity index (χ0n) is 17.2. The predicted molar refractivity (Wildman–Crippen MR) is 108 cm³/mol. The van der Waals surface area contributed by atoms with E-state index in [0.717, 1.165) is 6.07 Å². The number of rotatable bonds is 6. The van der Waals surface area contributed by atoms with E-state index in [4.69, 9.17) is 9.26 Å². The molecule has 0 fully saturated rings. The molecule has 10 nitrogen and oxygen atoms in total. The number of carbonyl (C=O) groups excluding carboxylic acids is 3. The second-order valence-corrected chi connectivity index (χ2v) is 7.62. The monoisotopic (exact) mass is 435 g/mol. The first-order valence-corrected chi connectivity index (χ1v) is 9.76. The number of carbonyl (C=O) groups is 3. The molecule has 32 heavy (non-hydrogen) atoms. The molecular weight excluding hydrogens is 418 g/mol. The minimum atomic E-state index is -1.05. The van der Waals surface area contributed by atoms with Gasteiger partial charge in [0.05, 0.1) is 4.92 Å². The molecule has 0 aliphatic heterocycles. The summed E-state index contributed by atoms with van der Waals surface area (Å²) in [4.78, 5) is 53.5. The Bertz CT molecular complexity index is 1280. The van der Waals surface area contributed by atoms with E-state index in [2.05, 4.69) is 10.1 Å². The molecule has 0 atom stereocenters. The molecule has 1 aromatic heterocycles. The Labute approximate surface area is 181 Å². The van der Waals surface area contributed by atoms with E-state index in [1.54, 1.807) is 12.1 Å². The highest BCUT2D eigenvalue weighted by Crippen LogP contribution is 2.35. The molecule has 1 heterocycles. The van der Waals surface area contributed by atoms with Crippen LogP contribution in [0.15, 0.2) is 40.9 Å². The fourth-order valence-corrected chi connectivity index (χ4v) is 3.53. The summed E-state index contributed by atoms with van der Waals surface area (Å²) >= 11 is 0. The van der Waals surface area contributed by atoms with Crippen molar-refractivity contribution < 1.29 is 28.6 Å². The third-order valence-corrected chi connectivity index (χ3v) is 4.90. The number of nitrogens with zero attached hydrogens (tertiary/aromatic N) is 3. The lowest BCUT2D eigenvalue weighted by atomic mass is 9.82. The van der Waals surface area contributed by atoms with Crippen LogP contribution >= 0.6 is 0 Å². The summed E-state index contributed by atoms with van der Waals surface area (Å²) in [6, 6.07) is 8.37. The number of hydrogen-bond donors (Lipinski definition) is 0. The minimum absolute atomic E-state index is 0.0368. The first-order valence-electron chi connectivity index (χ1n) is 9.76. The van der Waals surface area contributed by atoms with E-state index >= 15 is 0 Å². The molecule has 0 unspecified atom stereocenters. The number of nitro groups is 1. The largest absolute Gasteiger partial charge is 0.452 e. The zero-order chi connectivity index (χ0) is 23.0. The predicted octanol–water partition coefficient (Wildman–Crippen LogP) is 3.31. The van der Waals surface area contributed by atoms with Gasteiger partial charge in [-0.25, -0.2) is 4.79 Å². The maximum atomic E-state index is 13.0. The van der Waals surface area contributed by atoms with Crippen LogP contribution in [0.5, 0.6) is 0 Å². The summed E-state index contributed by atoms with van der Waals surface area (Å²) in [6.07, 6.45) is 0.575. The van der Waals surface area contributed by atoms with Crippen LogP contribution in [0.4, 0.5) is 5.69 Å². The lowest BCUT2D eigenvalue weighted by Gasteiger charge is -2.18. The molecule has 0 radical (unpaired) electrons. The van der Waals surface area contributed by atoms with Gasteiger partial charge in [0, 0.05) is 23.1 Å². The lowest BCUT2D eigenvalue weighted by molar-refractivity contribution is -0.385. The van der Waals surface area contributed by atoms with Crippen LogP contribution in [0.2, 0.25) is 0 Å². The van der Waals surface area contributed by atoms with Gasteiger partial charge in [-0.3, -0.25) is 19.7 Å². The Kier molecular flexibility index (Phi) is 5.35. The van der Waals surface area contributed by atoms with Gasteiger partial charge in [-0.1, -0.05) is 43.3 Å². The number of nitro benzene ring substituents is 1. The van der Waals surface area contributed by atoms with Crippen molar-refractivity contribution in [1.29, 1.82) is 0 Å². The number of benzene rings is 2. The van der Waals surface area contributed by atoms with E-state index in [1.165, 1.54) is 18.2 Å². The summed E-state index contributed by atoms with van der Waals surface area (Å²) in [6.45, 7) is 3.57. The summed E-state index contributed by atoms with van der Waals surface area (Å²) in [5.41, 5.74) is -1.58. The van der Waals surface area contributed by atoms with Crippen LogP contribution in [0.1, 0.15) is 67.8 Å². The fourth-order valence-electron chi connectivity index (χ4n) is 3.53. The van der Waals surface area contributed by atoms with E-state index in [1.807, 2.05) is 13.8 Å². The van der Waals surface area contributed by atoms with Crippen LogP contribution in [0.25, 0.3) is 0 Å². The molecule has 0 N–H and O–H groups in total. The highest BCUT2D eigenvalue weighted by Gasteiger charge is 2.39. The minimum Gasteiger partial charge on any atom is -0.452 e. The summed E-state index contributed by atoms with van der Waals surface area (Å²) < 4.78 is 10.1. The van der Waals surface area contributed by atoms with E-state index in [-0.39, 0.29) is 22.6 Å². The van der Waals surface area contributed by atoms with Crippen molar-refractivity contribution >= 4 is 23.2 Å². The first-order chi connectivity index (χ1) is 15.3. The molecule has 0 saturated heterocycles. The molecule has 4 rings (SSSR count). The molecule has 1 aliphatic carbocycles. The smallest absolute Gasteiger partial charge is 0.345 e. The number of esters is 1. The number of hydrogen-bond acceptors (Lipinski definition) is 9.